The Morgan fingerprint density at radius 3 is 2.42 bits per heavy atom. The van der Waals surface area contributed by atoms with Gasteiger partial charge in [0.25, 0.3) is 0 Å². The zero-order valence-electron chi connectivity index (χ0n) is 13.6. The number of methoxy groups -OCH3 is 1. The first kappa shape index (κ1) is 16.9. The van der Waals surface area contributed by atoms with Gasteiger partial charge in [-0.05, 0) is 38.1 Å². The van der Waals surface area contributed by atoms with Crippen LogP contribution in [0.2, 0.25) is 0 Å². The lowest BCUT2D eigenvalue weighted by molar-refractivity contribution is 0.101. The van der Waals surface area contributed by atoms with Gasteiger partial charge in [0.05, 0.1) is 6.61 Å². The van der Waals surface area contributed by atoms with Crippen molar-refractivity contribution in [2.75, 3.05) is 33.4 Å². The molecule has 3 atom stereocenters. The van der Waals surface area contributed by atoms with E-state index in [1.165, 1.54) is 19.3 Å². The molecule has 0 aromatic carbocycles. The highest BCUT2D eigenvalue weighted by atomic mass is 16.5. The Balaban J connectivity index is 2.55. The average molecular weight is 270 g/mol. The quantitative estimate of drug-likeness (QED) is 0.625. The summed E-state index contributed by atoms with van der Waals surface area (Å²) >= 11 is 0. The van der Waals surface area contributed by atoms with E-state index in [0.717, 1.165) is 38.1 Å². The van der Waals surface area contributed by atoms with Crippen LogP contribution in [0.3, 0.4) is 0 Å². The minimum absolute atomic E-state index is 0.605. The van der Waals surface area contributed by atoms with Crippen molar-refractivity contribution in [3.05, 3.63) is 0 Å². The number of hydrogen-bond acceptors (Lipinski definition) is 3. The molecule has 0 radical (unpaired) electrons. The maximum absolute atomic E-state index is 5.29. The molecular weight excluding hydrogens is 236 g/mol. The second kappa shape index (κ2) is 8.93. The molecule has 114 valence electrons. The summed E-state index contributed by atoms with van der Waals surface area (Å²) < 4.78 is 5.29. The van der Waals surface area contributed by atoms with Gasteiger partial charge in [0.15, 0.2) is 0 Å². The van der Waals surface area contributed by atoms with Crippen LogP contribution < -0.4 is 5.32 Å². The Morgan fingerprint density at radius 1 is 1.26 bits per heavy atom. The fourth-order valence-electron chi connectivity index (χ4n) is 2.79. The highest BCUT2D eigenvalue weighted by molar-refractivity contribution is 4.88. The Hall–Kier alpha value is -0.120. The number of hydrogen-bond donors (Lipinski definition) is 1. The van der Waals surface area contributed by atoms with Crippen LogP contribution in [0.15, 0.2) is 0 Å². The van der Waals surface area contributed by atoms with Gasteiger partial charge < -0.3 is 10.1 Å². The van der Waals surface area contributed by atoms with E-state index >= 15 is 0 Å². The molecule has 1 rings (SSSR count). The van der Waals surface area contributed by atoms with Gasteiger partial charge in [0, 0.05) is 32.3 Å². The molecule has 3 nitrogen and oxygen atoms in total. The van der Waals surface area contributed by atoms with Crippen molar-refractivity contribution in [3.63, 3.8) is 0 Å². The third-order valence-corrected chi connectivity index (χ3v) is 4.69. The molecule has 3 unspecified atom stereocenters. The van der Waals surface area contributed by atoms with E-state index in [0.29, 0.717) is 12.1 Å². The van der Waals surface area contributed by atoms with E-state index in [2.05, 4.69) is 37.9 Å². The summed E-state index contributed by atoms with van der Waals surface area (Å²) in [6.45, 7) is 13.4. The maximum atomic E-state index is 5.29. The summed E-state index contributed by atoms with van der Waals surface area (Å²) in [5, 5.41) is 3.67. The lowest BCUT2D eigenvalue weighted by atomic mass is 9.97. The molecule has 1 aliphatic carbocycles. The van der Waals surface area contributed by atoms with Gasteiger partial charge in [-0.25, -0.2) is 0 Å². The van der Waals surface area contributed by atoms with Crippen LogP contribution in [0.25, 0.3) is 0 Å². The second-order valence-corrected chi connectivity index (χ2v) is 6.12. The summed E-state index contributed by atoms with van der Waals surface area (Å²) in [6, 6.07) is 1.31. The fourth-order valence-corrected chi connectivity index (χ4v) is 2.79. The molecule has 3 heteroatoms. The van der Waals surface area contributed by atoms with Gasteiger partial charge >= 0.3 is 0 Å². The molecule has 0 aliphatic heterocycles. The first-order valence-electron chi connectivity index (χ1n) is 8.10. The molecule has 0 heterocycles. The van der Waals surface area contributed by atoms with Crippen LogP contribution in [0.5, 0.6) is 0 Å². The Bertz CT molecular complexity index is 231. The number of nitrogens with zero attached hydrogens (tertiary/aromatic N) is 1. The first-order chi connectivity index (χ1) is 9.13. The van der Waals surface area contributed by atoms with Gasteiger partial charge in [0.2, 0.25) is 0 Å². The summed E-state index contributed by atoms with van der Waals surface area (Å²) in [5.41, 5.74) is 0. The Kier molecular flexibility index (Phi) is 7.96. The van der Waals surface area contributed by atoms with E-state index in [1.807, 2.05) is 0 Å². The van der Waals surface area contributed by atoms with Crippen LogP contribution >= 0.6 is 0 Å². The number of rotatable bonds is 11. The topological polar surface area (TPSA) is 24.5 Å². The van der Waals surface area contributed by atoms with Gasteiger partial charge in [-0.1, -0.05) is 27.2 Å². The predicted molar refractivity (Wildman–Crippen MR) is 82.6 cm³/mol. The third-order valence-electron chi connectivity index (χ3n) is 4.69. The number of likely N-dealkylation sites (N-methyl/N-ethyl adjacent to an activating group) is 1. The fraction of sp³-hybridized carbons (Fsp3) is 1.00. The molecule has 0 aromatic heterocycles. The van der Waals surface area contributed by atoms with E-state index in [-0.39, 0.29) is 0 Å². The predicted octanol–water partition coefficient (Wildman–Crippen LogP) is 2.76. The molecular formula is C16H34N2O. The molecule has 1 saturated carbocycles. The normalized spacial score (nSPS) is 20.5. The third kappa shape index (κ3) is 5.80. The van der Waals surface area contributed by atoms with E-state index in [9.17, 15) is 0 Å². The van der Waals surface area contributed by atoms with E-state index in [4.69, 9.17) is 4.74 Å². The molecule has 1 aliphatic rings. The number of nitrogens with one attached hydrogen (secondary N) is 1. The average Bonchev–Trinajstić information content (AvgIpc) is 3.25. The Labute approximate surface area is 120 Å². The molecule has 1 fully saturated rings. The smallest absolute Gasteiger partial charge is 0.0589 e. The Morgan fingerprint density at radius 2 is 1.95 bits per heavy atom. The molecule has 0 bridgehead atoms. The second-order valence-electron chi connectivity index (χ2n) is 6.12. The lowest BCUT2D eigenvalue weighted by Gasteiger charge is -2.35. The lowest BCUT2D eigenvalue weighted by Crippen LogP contribution is -2.49. The summed E-state index contributed by atoms with van der Waals surface area (Å²) in [7, 11) is 1.80. The zero-order chi connectivity index (χ0) is 14.3. The van der Waals surface area contributed by atoms with Gasteiger partial charge in [-0.2, -0.15) is 0 Å². The molecule has 0 aromatic rings. The van der Waals surface area contributed by atoms with Crippen molar-refractivity contribution in [2.45, 2.75) is 59.0 Å². The largest absolute Gasteiger partial charge is 0.383 e. The van der Waals surface area contributed by atoms with Gasteiger partial charge in [-0.15, -0.1) is 0 Å². The number of ether oxygens (including phenoxy) is 1. The summed E-state index contributed by atoms with van der Waals surface area (Å²) in [5.74, 6) is 1.66. The van der Waals surface area contributed by atoms with Crippen LogP contribution in [0, 0.1) is 11.8 Å². The molecule has 0 amide bonds. The molecule has 0 saturated heterocycles. The monoisotopic (exact) mass is 270 g/mol. The molecule has 0 spiro atoms. The van der Waals surface area contributed by atoms with Crippen molar-refractivity contribution in [3.8, 4) is 0 Å². The van der Waals surface area contributed by atoms with Crippen molar-refractivity contribution in [2.24, 2.45) is 11.8 Å². The zero-order valence-corrected chi connectivity index (χ0v) is 13.6. The first-order valence-corrected chi connectivity index (χ1v) is 8.10. The van der Waals surface area contributed by atoms with Crippen LogP contribution in [-0.4, -0.2) is 50.3 Å². The highest BCUT2D eigenvalue weighted by Crippen LogP contribution is 2.35. The van der Waals surface area contributed by atoms with Crippen LogP contribution in [0.1, 0.15) is 47.0 Å². The van der Waals surface area contributed by atoms with Gasteiger partial charge in [0.1, 0.15) is 0 Å². The minimum Gasteiger partial charge on any atom is -0.383 e. The minimum atomic E-state index is 0.605. The van der Waals surface area contributed by atoms with E-state index in [1.54, 1.807) is 7.11 Å². The van der Waals surface area contributed by atoms with Crippen molar-refractivity contribution in [1.82, 2.24) is 10.2 Å². The van der Waals surface area contributed by atoms with Crippen LogP contribution in [0.4, 0.5) is 0 Å². The van der Waals surface area contributed by atoms with Gasteiger partial charge in [-0.3, -0.25) is 4.90 Å². The van der Waals surface area contributed by atoms with Crippen molar-refractivity contribution >= 4 is 0 Å². The SMILES string of the molecule is CCNC(CN(CCOC)C(C)C1CC1)C(C)CC. The summed E-state index contributed by atoms with van der Waals surface area (Å²) in [6.07, 6.45) is 4.08. The van der Waals surface area contributed by atoms with Crippen LogP contribution in [-0.2, 0) is 4.74 Å². The maximum Gasteiger partial charge on any atom is 0.0589 e. The molecule has 1 N–H and O–H groups in total. The van der Waals surface area contributed by atoms with Crippen molar-refractivity contribution < 1.29 is 4.74 Å². The van der Waals surface area contributed by atoms with Crippen molar-refractivity contribution in [1.29, 1.82) is 0 Å². The molecule has 19 heavy (non-hydrogen) atoms. The highest BCUT2D eigenvalue weighted by Gasteiger charge is 2.33. The summed E-state index contributed by atoms with van der Waals surface area (Å²) in [4.78, 5) is 2.64. The van der Waals surface area contributed by atoms with E-state index < -0.39 is 0 Å². The standard InChI is InChI=1S/C16H34N2O/c1-6-13(3)16(17-7-2)12-18(10-11-19-5)14(4)15-8-9-15/h13-17H,6-12H2,1-5H3.